The minimum atomic E-state index is -0.430. The zero-order valence-electron chi connectivity index (χ0n) is 9.26. The Hall–Kier alpha value is 0.240. The van der Waals surface area contributed by atoms with Gasteiger partial charge in [0.1, 0.15) is 4.49 Å². The molecule has 0 aromatic heterocycles. The molecule has 0 N–H and O–H groups in total. The Morgan fingerprint density at radius 3 is 2.73 bits per heavy atom. The quantitative estimate of drug-likeness (QED) is 0.753. The smallest absolute Gasteiger partial charge is 0.158 e. The minimum absolute atomic E-state index is 0.118. The molecule has 4 heteroatoms. The van der Waals surface area contributed by atoms with Crippen LogP contribution in [0.2, 0.25) is 0 Å². The fraction of sp³-hybridized carbons (Fsp3) is 0.818. The molecule has 1 heterocycles. The van der Waals surface area contributed by atoms with Gasteiger partial charge >= 0.3 is 0 Å². The monoisotopic (exact) mass is 252 g/mol. The predicted molar refractivity (Wildman–Crippen MR) is 63.2 cm³/mol. The van der Waals surface area contributed by atoms with Crippen LogP contribution in [-0.2, 0) is 9.47 Å². The summed E-state index contributed by atoms with van der Waals surface area (Å²) >= 11 is 11.3. The lowest BCUT2D eigenvalue weighted by Gasteiger charge is -2.32. The van der Waals surface area contributed by atoms with E-state index < -0.39 is 5.60 Å². The highest BCUT2D eigenvalue weighted by Gasteiger charge is 2.27. The van der Waals surface area contributed by atoms with Gasteiger partial charge < -0.3 is 9.47 Å². The first-order valence-corrected chi connectivity index (χ1v) is 6.14. The van der Waals surface area contributed by atoms with Gasteiger partial charge in [-0.1, -0.05) is 30.1 Å². The molecule has 15 heavy (non-hydrogen) atoms. The molecule has 0 aromatic carbocycles. The van der Waals surface area contributed by atoms with E-state index in [2.05, 4.69) is 0 Å². The summed E-state index contributed by atoms with van der Waals surface area (Å²) in [6.45, 7) is 4.79. The Kier molecular flexibility index (Phi) is 5.41. The Morgan fingerprint density at radius 2 is 2.27 bits per heavy atom. The van der Waals surface area contributed by atoms with Gasteiger partial charge in [0.05, 0.1) is 5.60 Å². The third kappa shape index (κ3) is 4.73. The maximum absolute atomic E-state index is 5.87. The van der Waals surface area contributed by atoms with Gasteiger partial charge in [-0.25, -0.2) is 0 Å². The van der Waals surface area contributed by atoms with Crippen LogP contribution >= 0.6 is 23.2 Å². The predicted octanol–water partition coefficient (Wildman–Crippen LogP) is 4.02. The number of hydrogen-bond acceptors (Lipinski definition) is 2. The Balaban J connectivity index is 2.54. The molecule has 0 spiro atoms. The summed E-state index contributed by atoms with van der Waals surface area (Å²) in [5.41, 5.74) is -0.430. The van der Waals surface area contributed by atoms with E-state index in [1.807, 2.05) is 13.8 Å². The van der Waals surface area contributed by atoms with Crippen molar-refractivity contribution in [1.29, 1.82) is 0 Å². The van der Waals surface area contributed by atoms with Crippen molar-refractivity contribution in [3.05, 3.63) is 10.6 Å². The largest absolute Gasteiger partial charge is 0.353 e. The van der Waals surface area contributed by atoms with Crippen molar-refractivity contribution >= 4 is 23.2 Å². The lowest BCUT2D eigenvalue weighted by atomic mass is 10.0. The lowest BCUT2D eigenvalue weighted by Crippen LogP contribution is -2.34. The van der Waals surface area contributed by atoms with E-state index >= 15 is 0 Å². The third-order valence-corrected chi connectivity index (χ3v) is 2.87. The Bertz CT molecular complexity index is 221. The van der Waals surface area contributed by atoms with Crippen molar-refractivity contribution < 1.29 is 9.47 Å². The molecule has 2 nitrogen and oxygen atoms in total. The number of hydrogen-bond donors (Lipinski definition) is 0. The van der Waals surface area contributed by atoms with Gasteiger partial charge in [0, 0.05) is 6.61 Å². The van der Waals surface area contributed by atoms with Crippen LogP contribution in [0.15, 0.2) is 10.6 Å². The second-order valence-electron chi connectivity index (χ2n) is 4.01. The van der Waals surface area contributed by atoms with Crippen LogP contribution in [0.3, 0.4) is 0 Å². The van der Waals surface area contributed by atoms with Gasteiger partial charge in [-0.05, 0) is 38.7 Å². The topological polar surface area (TPSA) is 18.5 Å². The second kappa shape index (κ2) is 6.09. The number of halogens is 2. The first-order chi connectivity index (χ1) is 7.06. The fourth-order valence-corrected chi connectivity index (χ4v) is 2.02. The summed E-state index contributed by atoms with van der Waals surface area (Å²) in [7, 11) is 0. The lowest BCUT2D eigenvalue weighted by molar-refractivity contribution is -0.207. The van der Waals surface area contributed by atoms with Gasteiger partial charge in [-0.3, -0.25) is 0 Å². The molecule has 1 aliphatic heterocycles. The van der Waals surface area contributed by atoms with Crippen LogP contribution in [0.4, 0.5) is 0 Å². The molecule has 1 rings (SSSR count). The molecular weight excluding hydrogens is 235 g/mol. The fourth-order valence-electron chi connectivity index (χ4n) is 1.55. The van der Waals surface area contributed by atoms with Gasteiger partial charge in [-0.2, -0.15) is 0 Å². The summed E-state index contributed by atoms with van der Waals surface area (Å²) in [6, 6.07) is 0. The van der Waals surface area contributed by atoms with Crippen molar-refractivity contribution in [3.8, 4) is 0 Å². The van der Waals surface area contributed by atoms with Crippen molar-refractivity contribution in [2.24, 2.45) is 0 Å². The highest BCUT2D eigenvalue weighted by molar-refractivity contribution is 6.55. The molecule has 0 radical (unpaired) electrons. The molecule has 1 fully saturated rings. The molecule has 88 valence electrons. The van der Waals surface area contributed by atoms with Crippen molar-refractivity contribution in [2.45, 2.75) is 51.4 Å². The number of rotatable bonds is 4. The van der Waals surface area contributed by atoms with Crippen LogP contribution < -0.4 is 0 Å². The van der Waals surface area contributed by atoms with Gasteiger partial charge in [0.2, 0.25) is 0 Å². The van der Waals surface area contributed by atoms with E-state index in [4.69, 9.17) is 32.7 Å². The summed E-state index contributed by atoms with van der Waals surface area (Å²) in [4.78, 5) is 0. The normalized spacial score (nSPS) is 25.7. The molecule has 1 saturated heterocycles. The molecule has 0 aromatic rings. The molecule has 0 amide bonds. The average Bonchev–Trinajstić information content (AvgIpc) is 2.18. The first kappa shape index (κ1) is 13.3. The molecule has 2 unspecified atom stereocenters. The third-order valence-electron chi connectivity index (χ3n) is 2.66. The van der Waals surface area contributed by atoms with Crippen LogP contribution in [0.25, 0.3) is 0 Å². The van der Waals surface area contributed by atoms with Crippen LogP contribution in [0.5, 0.6) is 0 Å². The van der Waals surface area contributed by atoms with Crippen LogP contribution in [0, 0.1) is 0 Å². The van der Waals surface area contributed by atoms with E-state index in [1.165, 1.54) is 0 Å². The van der Waals surface area contributed by atoms with E-state index in [1.54, 1.807) is 6.08 Å². The highest BCUT2D eigenvalue weighted by Crippen LogP contribution is 2.27. The maximum atomic E-state index is 5.87. The SMILES string of the molecule is CCC(C)(C=C(Cl)Cl)OC1CCCCO1. The summed E-state index contributed by atoms with van der Waals surface area (Å²) in [5, 5.41) is 0. The van der Waals surface area contributed by atoms with Crippen molar-refractivity contribution in [1.82, 2.24) is 0 Å². The zero-order valence-corrected chi connectivity index (χ0v) is 10.8. The van der Waals surface area contributed by atoms with E-state index in [0.29, 0.717) is 0 Å². The average molecular weight is 253 g/mol. The molecule has 0 aliphatic carbocycles. The zero-order chi connectivity index (χ0) is 11.3. The maximum Gasteiger partial charge on any atom is 0.158 e. The van der Waals surface area contributed by atoms with E-state index in [-0.39, 0.29) is 10.8 Å². The minimum Gasteiger partial charge on any atom is -0.353 e. The first-order valence-electron chi connectivity index (χ1n) is 5.39. The summed E-state index contributed by atoms with van der Waals surface area (Å²) in [6.07, 6.45) is 5.65. The van der Waals surface area contributed by atoms with Crippen LogP contribution in [0.1, 0.15) is 39.5 Å². The molecule has 1 aliphatic rings. The number of ether oxygens (including phenoxy) is 2. The summed E-state index contributed by atoms with van der Waals surface area (Å²) in [5.74, 6) is 0. The van der Waals surface area contributed by atoms with Gasteiger partial charge in [-0.15, -0.1) is 0 Å². The standard InChI is InChI=1S/C11H18Cl2O2/c1-3-11(2,8-9(12)13)15-10-6-4-5-7-14-10/h8,10H,3-7H2,1-2H3. The molecular formula is C11H18Cl2O2. The Labute approximate surface area is 102 Å². The molecule has 0 saturated carbocycles. The van der Waals surface area contributed by atoms with Gasteiger partial charge in [0.25, 0.3) is 0 Å². The molecule has 2 atom stereocenters. The van der Waals surface area contributed by atoms with Crippen molar-refractivity contribution in [3.63, 3.8) is 0 Å². The Morgan fingerprint density at radius 1 is 1.53 bits per heavy atom. The van der Waals surface area contributed by atoms with Gasteiger partial charge in [0.15, 0.2) is 6.29 Å². The van der Waals surface area contributed by atoms with E-state index in [0.717, 1.165) is 32.3 Å². The highest BCUT2D eigenvalue weighted by atomic mass is 35.5. The second-order valence-corrected chi connectivity index (χ2v) is 5.02. The van der Waals surface area contributed by atoms with Crippen LogP contribution in [-0.4, -0.2) is 18.5 Å². The van der Waals surface area contributed by atoms with E-state index in [9.17, 15) is 0 Å². The molecule has 0 bridgehead atoms. The van der Waals surface area contributed by atoms with Crippen molar-refractivity contribution in [2.75, 3.05) is 6.61 Å². The summed E-state index contributed by atoms with van der Waals surface area (Å²) < 4.78 is 11.6.